The van der Waals surface area contributed by atoms with E-state index in [0.29, 0.717) is 0 Å². The molecule has 1 atom stereocenters. The molecule has 1 aliphatic carbocycles. The number of carbonyl (C=O) groups excluding carboxylic acids is 1. The van der Waals surface area contributed by atoms with Gasteiger partial charge < -0.3 is 5.32 Å². The van der Waals surface area contributed by atoms with Crippen molar-refractivity contribution in [2.75, 3.05) is 0 Å². The lowest BCUT2D eigenvalue weighted by atomic mass is 9.61. The SMILES string of the molecule is Cc1cc(Br)cc2c1C(=O)NC21CCCCC1(C)C. The van der Waals surface area contributed by atoms with E-state index in [0.717, 1.165) is 28.4 Å². The number of nitrogens with one attached hydrogen (secondary N) is 1. The number of aryl methyl sites for hydroxylation is 1. The number of hydrogen-bond acceptors (Lipinski definition) is 1. The first kappa shape index (κ1) is 13.2. The van der Waals surface area contributed by atoms with E-state index in [4.69, 9.17) is 0 Å². The Balaban J connectivity index is 2.26. The van der Waals surface area contributed by atoms with Gasteiger partial charge in [-0.05, 0) is 48.4 Å². The summed E-state index contributed by atoms with van der Waals surface area (Å²) in [5.74, 6) is 0.106. The van der Waals surface area contributed by atoms with Crippen LogP contribution in [0.4, 0.5) is 0 Å². The molecule has 3 rings (SSSR count). The maximum atomic E-state index is 12.4. The third-order valence-corrected chi connectivity index (χ3v) is 5.53. The first-order chi connectivity index (χ1) is 8.87. The summed E-state index contributed by atoms with van der Waals surface area (Å²) in [6.45, 7) is 6.60. The van der Waals surface area contributed by atoms with Gasteiger partial charge in [0.05, 0.1) is 5.54 Å². The van der Waals surface area contributed by atoms with E-state index in [-0.39, 0.29) is 16.9 Å². The van der Waals surface area contributed by atoms with Gasteiger partial charge in [-0.25, -0.2) is 0 Å². The Morgan fingerprint density at radius 2 is 1.89 bits per heavy atom. The Hall–Kier alpha value is -0.830. The first-order valence-corrected chi connectivity index (χ1v) is 7.80. The molecule has 1 aromatic rings. The van der Waals surface area contributed by atoms with Gasteiger partial charge >= 0.3 is 0 Å². The van der Waals surface area contributed by atoms with Crippen molar-refractivity contribution in [3.05, 3.63) is 33.3 Å². The summed E-state index contributed by atoms with van der Waals surface area (Å²) in [5.41, 5.74) is 3.11. The van der Waals surface area contributed by atoms with Crippen LogP contribution in [0.2, 0.25) is 0 Å². The highest BCUT2D eigenvalue weighted by Crippen LogP contribution is 2.54. The Labute approximate surface area is 123 Å². The van der Waals surface area contributed by atoms with Gasteiger partial charge in [-0.1, -0.05) is 42.6 Å². The molecule has 102 valence electrons. The third-order valence-electron chi connectivity index (χ3n) is 5.07. The molecule has 1 N–H and O–H groups in total. The van der Waals surface area contributed by atoms with Crippen LogP contribution in [0.15, 0.2) is 16.6 Å². The zero-order chi connectivity index (χ0) is 13.8. The maximum Gasteiger partial charge on any atom is 0.252 e. The summed E-state index contributed by atoms with van der Waals surface area (Å²) in [7, 11) is 0. The fourth-order valence-electron chi connectivity index (χ4n) is 3.94. The molecule has 0 aromatic heterocycles. The third kappa shape index (κ3) is 1.70. The number of hydrogen-bond donors (Lipinski definition) is 1. The number of carbonyl (C=O) groups is 1. The maximum absolute atomic E-state index is 12.4. The van der Waals surface area contributed by atoms with E-state index >= 15 is 0 Å². The van der Waals surface area contributed by atoms with Crippen molar-refractivity contribution in [3.8, 4) is 0 Å². The summed E-state index contributed by atoms with van der Waals surface area (Å²) in [4.78, 5) is 12.4. The van der Waals surface area contributed by atoms with E-state index in [1.807, 2.05) is 13.0 Å². The number of benzene rings is 1. The molecule has 0 radical (unpaired) electrons. The van der Waals surface area contributed by atoms with Gasteiger partial charge in [0.1, 0.15) is 0 Å². The predicted molar refractivity (Wildman–Crippen MR) is 80.3 cm³/mol. The van der Waals surface area contributed by atoms with Crippen LogP contribution >= 0.6 is 15.9 Å². The summed E-state index contributed by atoms with van der Waals surface area (Å²) in [6, 6.07) is 4.18. The van der Waals surface area contributed by atoms with Gasteiger partial charge in [0.15, 0.2) is 0 Å². The second-order valence-electron chi connectivity index (χ2n) is 6.60. The van der Waals surface area contributed by atoms with E-state index < -0.39 is 0 Å². The van der Waals surface area contributed by atoms with Gasteiger partial charge in [0, 0.05) is 10.0 Å². The van der Waals surface area contributed by atoms with Crippen LogP contribution in [-0.2, 0) is 5.54 Å². The highest BCUT2D eigenvalue weighted by atomic mass is 79.9. The predicted octanol–water partition coefficient (Wildman–Crippen LogP) is 4.30. The number of rotatable bonds is 0. The summed E-state index contributed by atoms with van der Waals surface area (Å²) in [5, 5.41) is 3.33. The van der Waals surface area contributed by atoms with Crippen molar-refractivity contribution >= 4 is 21.8 Å². The van der Waals surface area contributed by atoms with Crippen LogP contribution in [0.3, 0.4) is 0 Å². The molecule has 1 unspecified atom stereocenters. The lowest BCUT2D eigenvalue weighted by Crippen LogP contribution is -2.52. The lowest BCUT2D eigenvalue weighted by molar-refractivity contribution is 0.0576. The lowest BCUT2D eigenvalue weighted by Gasteiger charge is -2.48. The van der Waals surface area contributed by atoms with Crippen molar-refractivity contribution in [1.82, 2.24) is 5.32 Å². The van der Waals surface area contributed by atoms with E-state index in [2.05, 4.69) is 41.2 Å². The standard InChI is InChI=1S/C16H20BrNO/c1-10-8-11(17)9-12-13(10)14(19)18-16(12)7-5-4-6-15(16,2)3/h8-9H,4-7H2,1-3H3,(H,18,19). The molecule has 1 heterocycles. The van der Waals surface area contributed by atoms with Crippen molar-refractivity contribution in [1.29, 1.82) is 0 Å². The second-order valence-corrected chi connectivity index (χ2v) is 7.51. The number of fused-ring (bicyclic) bond motifs is 2. The molecule has 3 heteroatoms. The average molecular weight is 322 g/mol. The normalized spacial score (nSPS) is 28.3. The summed E-state index contributed by atoms with van der Waals surface area (Å²) < 4.78 is 1.07. The quantitative estimate of drug-likeness (QED) is 0.758. The van der Waals surface area contributed by atoms with Crippen molar-refractivity contribution < 1.29 is 4.79 Å². The Bertz CT molecular complexity index is 564. The summed E-state index contributed by atoms with van der Waals surface area (Å²) in [6.07, 6.45) is 4.66. The molecule has 19 heavy (non-hydrogen) atoms. The van der Waals surface area contributed by atoms with Gasteiger partial charge in [-0.2, -0.15) is 0 Å². The van der Waals surface area contributed by atoms with Crippen LogP contribution in [0.25, 0.3) is 0 Å². The molecule has 1 amide bonds. The van der Waals surface area contributed by atoms with E-state index in [9.17, 15) is 4.79 Å². The second kappa shape index (κ2) is 4.08. The van der Waals surface area contributed by atoms with Gasteiger partial charge in [0.25, 0.3) is 5.91 Å². The van der Waals surface area contributed by atoms with Crippen LogP contribution in [0.1, 0.15) is 61.0 Å². The van der Waals surface area contributed by atoms with Crippen LogP contribution in [0, 0.1) is 12.3 Å². The first-order valence-electron chi connectivity index (χ1n) is 7.00. The topological polar surface area (TPSA) is 29.1 Å². The summed E-state index contributed by atoms with van der Waals surface area (Å²) >= 11 is 3.58. The Kier molecular flexibility index (Phi) is 2.83. The molecule has 2 nitrogen and oxygen atoms in total. The van der Waals surface area contributed by atoms with Crippen LogP contribution in [0.5, 0.6) is 0 Å². The Morgan fingerprint density at radius 3 is 2.58 bits per heavy atom. The largest absolute Gasteiger partial charge is 0.342 e. The highest BCUT2D eigenvalue weighted by molar-refractivity contribution is 9.10. The monoisotopic (exact) mass is 321 g/mol. The van der Waals surface area contributed by atoms with Gasteiger partial charge in [0.2, 0.25) is 0 Å². The molecule has 1 saturated carbocycles. The zero-order valence-electron chi connectivity index (χ0n) is 11.8. The van der Waals surface area contributed by atoms with E-state index in [1.165, 1.54) is 18.4 Å². The Morgan fingerprint density at radius 1 is 1.21 bits per heavy atom. The van der Waals surface area contributed by atoms with Crippen molar-refractivity contribution in [2.45, 2.75) is 52.0 Å². The number of amides is 1. The molecule has 1 aliphatic heterocycles. The smallest absolute Gasteiger partial charge is 0.252 e. The van der Waals surface area contributed by atoms with Crippen LogP contribution < -0.4 is 5.32 Å². The van der Waals surface area contributed by atoms with Crippen molar-refractivity contribution in [3.63, 3.8) is 0 Å². The number of halogens is 1. The average Bonchev–Trinajstić information content (AvgIpc) is 2.58. The van der Waals surface area contributed by atoms with Gasteiger partial charge in [-0.15, -0.1) is 0 Å². The molecule has 1 aromatic carbocycles. The van der Waals surface area contributed by atoms with Gasteiger partial charge in [-0.3, -0.25) is 4.79 Å². The fourth-order valence-corrected chi connectivity index (χ4v) is 4.52. The molecule has 1 fully saturated rings. The zero-order valence-corrected chi connectivity index (χ0v) is 13.4. The minimum Gasteiger partial charge on any atom is -0.342 e. The van der Waals surface area contributed by atoms with Crippen molar-refractivity contribution in [2.24, 2.45) is 5.41 Å². The molecule has 1 spiro atoms. The van der Waals surface area contributed by atoms with Crippen LogP contribution in [-0.4, -0.2) is 5.91 Å². The molecule has 0 bridgehead atoms. The van der Waals surface area contributed by atoms with E-state index in [1.54, 1.807) is 0 Å². The fraction of sp³-hybridized carbons (Fsp3) is 0.562. The minimum absolute atomic E-state index is 0.106. The molecular formula is C16H20BrNO. The minimum atomic E-state index is -0.174. The molecular weight excluding hydrogens is 302 g/mol. The highest BCUT2D eigenvalue weighted by Gasteiger charge is 2.54. The molecule has 0 saturated heterocycles. The molecule has 2 aliphatic rings.